The molecule has 0 unspecified atom stereocenters. The number of halogens is 3. The molecule has 1 amide bonds. The highest BCUT2D eigenvalue weighted by Crippen LogP contribution is 2.36. The van der Waals surface area contributed by atoms with Gasteiger partial charge in [-0.15, -0.1) is 0 Å². The van der Waals surface area contributed by atoms with E-state index in [1.165, 1.54) is 26.2 Å². The lowest BCUT2D eigenvalue weighted by Gasteiger charge is -2.27. The van der Waals surface area contributed by atoms with Crippen molar-refractivity contribution in [2.75, 3.05) is 5.32 Å². The SMILES string of the molecule is Cn1c2c(c(=O)n(C)c1=O)[C@@H](c1ccc(C(F)(F)F)cc1)CC(=O)N2. The highest BCUT2D eigenvalue weighted by atomic mass is 19.4. The van der Waals surface area contributed by atoms with Crippen LogP contribution < -0.4 is 16.6 Å². The zero-order valence-corrected chi connectivity index (χ0v) is 13.3. The molecule has 0 spiro atoms. The lowest BCUT2D eigenvalue weighted by atomic mass is 9.86. The summed E-state index contributed by atoms with van der Waals surface area (Å²) >= 11 is 0. The fourth-order valence-electron chi connectivity index (χ4n) is 2.99. The number of anilines is 1. The van der Waals surface area contributed by atoms with Gasteiger partial charge in [-0.2, -0.15) is 13.2 Å². The summed E-state index contributed by atoms with van der Waals surface area (Å²) in [5, 5.41) is 2.50. The largest absolute Gasteiger partial charge is 0.416 e. The quantitative estimate of drug-likeness (QED) is 0.846. The Labute approximate surface area is 139 Å². The van der Waals surface area contributed by atoms with E-state index in [2.05, 4.69) is 5.32 Å². The van der Waals surface area contributed by atoms with Crippen LogP contribution in [-0.2, 0) is 25.1 Å². The molecule has 1 aliphatic heterocycles. The molecule has 3 rings (SSSR count). The number of carbonyl (C=O) groups excluding carboxylic acids is 1. The maximum Gasteiger partial charge on any atom is 0.416 e. The molecule has 0 aliphatic carbocycles. The second-order valence-electron chi connectivity index (χ2n) is 5.89. The zero-order valence-electron chi connectivity index (χ0n) is 13.3. The van der Waals surface area contributed by atoms with E-state index in [1.807, 2.05) is 0 Å². The fraction of sp³-hybridized carbons (Fsp3) is 0.312. The van der Waals surface area contributed by atoms with Crippen molar-refractivity contribution in [2.24, 2.45) is 14.1 Å². The molecule has 6 nitrogen and oxygen atoms in total. The van der Waals surface area contributed by atoms with E-state index in [1.54, 1.807) is 0 Å². The number of hydrogen-bond acceptors (Lipinski definition) is 3. The number of aromatic nitrogens is 2. The van der Waals surface area contributed by atoms with Crippen LogP contribution in [0.4, 0.5) is 19.0 Å². The van der Waals surface area contributed by atoms with Crippen molar-refractivity contribution in [3.8, 4) is 0 Å². The van der Waals surface area contributed by atoms with Gasteiger partial charge in [0.15, 0.2) is 0 Å². The molecule has 132 valence electrons. The van der Waals surface area contributed by atoms with E-state index >= 15 is 0 Å². The van der Waals surface area contributed by atoms with Gasteiger partial charge in [0.2, 0.25) is 5.91 Å². The van der Waals surface area contributed by atoms with Crippen molar-refractivity contribution in [3.63, 3.8) is 0 Å². The number of carbonyl (C=O) groups is 1. The molecular formula is C16H14F3N3O3. The average Bonchev–Trinajstić information content (AvgIpc) is 2.56. The number of fused-ring (bicyclic) bond motifs is 1. The minimum atomic E-state index is -4.47. The Kier molecular flexibility index (Phi) is 3.81. The van der Waals surface area contributed by atoms with Crippen molar-refractivity contribution < 1.29 is 18.0 Å². The van der Waals surface area contributed by atoms with Gasteiger partial charge in [-0.3, -0.25) is 18.7 Å². The summed E-state index contributed by atoms with van der Waals surface area (Å²) in [6, 6.07) is 4.32. The van der Waals surface area contributed by atoms with Gasteiger partial charge in [-0.05, 0) is 17.7 Å². The highest BCUT2D eigenvalue weighted by Gasteiger charge is 2.34. The standard InChI is InChI=1S/C16H14F3N3O3/c1-21-13-12(14(24)22(2)15(21)25)10(7-11(23)20-13)8-3-5-9(6-4-8)16(17,18)19/h3-6,10H,7H2,1-2H3,(H,20,23)/t10-/m1/s1. The molecule has 0 saturated carbocycles. The summed E-state index contributed by atoms with van der Waals surface area (Å²) in [4.78, 5) is 36.5. The summed E-state index contributed by atoms with van der Waals surface area (Å²) in [5.74, 6) is -1.06. The topological polar surface area (TPSA) is 73.1 Å². The van der Waals surface area contributed by atoms with E-state index in [0.29, 0.717) is 5.56 Å². The second-order valence-corrected chi connectivity index (χ2v) is 5.89. The average molecular weight is 353 g/mol. The predicted molar refractivity (Wildman–Crippen MR) is 83.5 cm³/mol. The monoisotopic (exact) mass is 353 g/mol. The number of amides is 1. The van der Waals surface area contributed by atoms with E-state index in [9.17, 15) is 27.6 Å². The molecule has 1 N–H and O–H groups in total. The number of rotatable bonds is 1. The molecule has 1 aromatic carbocycles. The third kappa shape index (κ3) is 2.75. The van der Waals surface area contributed by atoms with Gasteiger partial charge in [0, 0.05) is 26.4 Å². The summed E-state index contributed by atoms with van der Waals surface area (Å²) in [7, 11) is 2.72. The van der Waals surface area contributed by atoms with E-state index in [4.69, 9.17) is 0 Å². The van der Waals surface area contributed by atoms with Crippen molar-refractivity contribution in [1.82, 2.24) is 9.13 Å². The van der Waals surface area contributed by atoms with Crippen LogP contribution in [0.25, 0.3) is 0 Å². The lowest BCUT2D eigenvalue weighted by Crippen LogP contribution is -2.44. The second kappa shape index (κ2) is 5.61. The molecule has 25 heavy (non-hydrogen) atoms. The first-order valence-corrected chi connectivity index (χ1v) is 7.38. The maximum absolute atomic E-state index is 12.7. The van der Waals surface area contributed by atoms with Crippen LogP contribution in [0.3, 0.4) is 0 Å². The molecular weight excluding hydrogens is 339 g/mol. The number of benzene rings is 1. The van der Waals surface area contributed by atoms with Crippen molar-refractivity contribution >= 4 is 11.7 Å². The minimum Gasteiger partial charge on any atom is -0.312 e. The summed E-state index contributed by atoms with van der Waals surface area (Å²) < 4.78 is 40.2. The van der Waals surface area contributed by atoms with E-state index in [-0.39, 0.29) is 17.8 Å². The van der Waals surface area contributed by atoms with Crippen LogP contribution in [0, 0.1) is 0 Å². The Balaban J connectivity index is 2.19. The van der Waals surface area contributed by atoms with Crippen LogP contribution in [-0.4, -0.2) is 15.0 Å². The third-order valence-corrected chi connectivity index (χ3v) is 4.34. The smallest absolute Gasteiger partial charge is 0.312 e. The fourth-order valence-corrected chi connectivity index (χ4v) is 2.99. The molecule has 2 heterocycles. The Morgan fingerprint density at radius 2 is 1.64 bits per heavy atom. The molecule has 2 aromatic rings. The maximum atomic E-state index is 12.7. The molecule has 1 aromatic heterocycles. The molecule has 9 heteroatoms. The van der Waals surface area contributed by atoms with Gasteiger partial charge in [0.1, 0.15) is 5.82 Å². The van der Waals surface area contributed by atoms with Crippen LogP contribution >= 0.6 is 0 Å². The Morgan fingerprint density at radius 3 is 2.20 bits per heavy atom. The van der Waals surface area contributed by atoms with Gasteiger partial charge in [-0.1, -0.05) is 12.1 Å². The van der Waals surface area contributed by atoms with E-state index in [0.717, 1.165) is 21.3 Å². The minimum absolute atomic E-state index is 0.0780. The summed E-state index contributed by atoms with van der Waals surface area (Å²) in [6.45, 7) is 0. The predicted octanol–water partition coefficient (Wildman–Crippen LogP) is 1.58. The van der Waals surface area contributed by atoms with Gasteiger partial charge < -0.3 is 5.32 Å². The van der Waals surface area contributed by atoms with Crippen LogP contribution in [0.1, 0.15) is 29.0 Å². The third-order valence-electron chi connectivity index (χ3n) is 4.34. The van der Waals surface area contributed by atoms with Crippen molar-refractivity contribution in [2.45, 2.75) is 18.5 Å². The molecule has 0 fully saturated rings. The van der Waals surface area contributed by atoms with Crippen molar-refractivity contribution in [1.29, 1.82) is 0 Å². The normalized spacial score (nSPS) is 17.2. The molecule has 0 saturated heterocycles. The molecule has 1 aliphatic rings. The summed E-state index contributed by atoms with van der Waals surface area (Å²) in [6.07, 6.45) is -4.56. The van der Waals surface area contributed by atoms with Crippen LogP contribution in [0.15, 0.2) is 33.9 Å². The van der Waals surface area contributed by atoms with Crippen LogP contribution in [0.5, 0.6) is 0 Å². The van der Waals surface area contributed by atoms with E-state index < -0.39 is 34.8 Å². The zero-order chi connectivity index (χ0) is 18.5. The van der Waals surface area contributed by atoms with Gasteiger partial charge in [0.05, 0.1) is 11.1 Å². The summed E-state index contributed by atoms with van der Waals surface area (Å²) in [5.41, 5.74) is -1.41. The van der Waals surface area contributed by atoms with Gasteiger partial charge in [-0.25, -0.2) is 4.79 Å². The number of nitrogens with one attached hydrogen (secondary N) is 1. The Hall–Kier alpha value is -2.84. The first-order chi connectivity index (χ1) is 11.6. The van der Waals surface area contributed by atoms with Gasteiger partial charge in [0.25, 0.3) is 5.56 Å². The Bertz CT molecular complexity index is 972. The first kappa shape index (κ1) is 17.0. The van der Waals surface area contributed by atoms with Gasteiger partial charge >= 0.3 is 11.9 Å². The number of alkyl halides is 3. The highest BCUT2D eigenvalue weighted by molar-refractivity contribution is 5.94. The van der Waals surface area contributed by atoms with Crippen LogP contribution in [0.2, 0.25) is 0 Å². The lowest BCUT2D eigenvalue weighted by molar-refractivity contribution is -0.137. The molecule has 0 radical (unpaired) electrons. The van der Waals surface area contributed by atoms with Crippen molar-refractivity contribution in [3.05, 3.63) is 61.8 Å². The Morgan fingerprint density at radius 1 is 1.04 bits per heavy atom. The first-order valence-electron chi connectivity index (χ1n) is 7.38. The molecule has 1 atom stereocenters. The number of hydrogen-bond donors (Lipinski definition) is 1. The number of nitrogens with zero attached hydrogens (tertiary/aromatic N) is 2. The molecule has 0 bridgehead atoms.